The molecule has 0 radical (unpaired) electrons. The maximum atomic E-state index is 11.3. The fourth-order valence-electron chi connectivity index (χ4n) is 2.04. The Labute approximate surface area is 103 Å². The van der Waals surface area contributed by atoms with Crippen molar-refractivity contribution in [3.63, 3.8) is 0 Å². The summed E-state index contributed by atoms with van der Waals surface area (Å²) in [6.07, 6.45) is 3.32. The smallest absolute Gasteiger partial charge is 0.347 e. The second-order valence-electron chi connectivity index (χ2n) is 4.17. The number of carbonyl (C=O) groups excluding carboxylic acids is 1. The van der Waals surface area contributed by atoms with Gasteiger partial charge >= 0.3 is 5.97 Å². The minimum atomic E-state index is -0.937. The SMILES string of the molecule is CC(=O)N1CCCC(c2ncc(C(=O)O)s2)C1. The van der Waals surface area contributed by atoms with Crippen LogP contribution in [0.3, 0.4) is 0 Å². The molecule has 1 N–H and O–H groups in total. The molecule has 1 amide bonds. The number of carbonyl (C=O) groups is 2. The van der Waals surface area contributed by atoms with E-state index in [4.69, 9.17) is 5.11 Å². The standard InChI is InChI=1S/C11H14N2O3S/c1-7(14)13-4-2-3-8(6-13)10-12-5-9(17-10)11(15)16/h5,8H,2-4,6H2,1H3,(H,15,16). The van der Waals surface area contributed by atoms with Crippen molar-refractivity contribution in [2.24, 2.45) is 0 Å². The predicted octanol–water partition coefficient (Wildman–Crippen LogP) is 1.57. The number of aromatic nitrogens is 1. The zero-order valence-corrected chi connectivity index (χ0v) is 10.4. The summed E-state index contributed by atoms with van der Waals surface area (Å²) in [5, 5.41) is 9.67. The third kappa shape index (κ3) is 2.63. The fourth-order valence-corrected chi connectivity index (χ4v) is 2.92. The molecule has 1 aliphatic heterocycles. The summed E-state index contributed by atoms with van der Waals surface area (Å²) in [5.74, 6) is -0.677. The summed E-state index contributed by atoms with van der Waals surface area (Å²) in [5.41, 5.74) is 0. The van der Waals surface area contributed by atoms with Gasteiger partial charge in [-0.05, 0) is 12.8 Å². The summed E-state index contributed by atoms with van der Waals surface area (Å²) < 4.78 is 0. The number of thiazole rings is 1. The van der Waals surface area contributed by atoms with Crippen LogP contribution in [0, 0.1) is 0 Å². The number of hydrogen-bond donors (Lipinski definition) is 1. The molecule has 1 aromatic heterocycles. The second-order valence-corrected chi connectivity index (χ2v) is 5.23. The van der Waals surface area contributed by atoms with Crippen molar-refractivity contribution in [3.05, 3.63) is 16.1 Å². The fraction of sp³-hybridized carbons (Fsp3) is 0.545. The van der Waals surface area contributed by atoms with Crippen molar-refractivity contribution in [2.45, 2.75) is 25.7 Å². The van der Waals surface area contributed by atoms with Gasteiger partial charge in [-0.25, -0.2) is 9.78 Å². The molecule has 0 aromatic carbocycles. The molecule has 0 bridgehead atoms. The van der Waals surface area contributed by atoms with Crippen LogP contribution in [0.25, 0.3) is 0 Å². The number of piperidine rings is 1. The Morgan fingerprint density at radius 3 is 2.94 bits per heavy atom. The third-order valence-corrected chi connectivity index (χ3v) is 4.10. The highest BCUT2D eigenvalue weighted by Crippen LogP contribution is 2.29. The van der Waals surface area contributed by atoms with Gasteiger partial charge in [-0.15, -0.1) is 11.3 Å². The number of carboxylic acid groups (broad SMARTS) is 1. The average molecular weight is 254 g/mol. The molecule has 0 aliphatic carbocycles. The van der Waals surface area contributed by atoms with E-state index in [0.29, 0.717) is 6.54 Å². The first-order valence-electron chi connectivity index (χ1n) is 5.52. The number of hydrogen-bond acceptors (Lipinski definition) is 4. The highest BCUT2D eigenvalue weighted by Gasteiger charge is 2.25. The monoisotopic (exact) mass is 254 g/mol. The van der Waals surface area contributed by atoms with Crippen LogP contribution in [0.4, 0.5) is 0 Å². The van der Waals surface area contributed by atoms with Crippen LogP contribution < -0.4 is 0 Å². The van der Waals surface area contributed by atoms with E-state index in [-0.39, 0.29) is 16.7 Å². The Kier molecular flexibility index (Phi) is 3.42. The van der Waals surface area contributed by atoms with Gasteiger partial charge in [0.05, 0.1) is 11.2 Å². The lowest BCUT2D eigenvalue weighted by Gasteiger charge is -2.30. The molecule has 1 fully saturated rings. The Morgan fingerprint density at radius 2 is 2.35 bits per heavy atom. The third-order valence-electron chi connectivity index (χ3n) is 2.95. The first-order chi connectivity index (χ1) is 8.08. The molecule has 1 aromatic rings. The van der Waals surface area contributed by atoms with E-state index < -0.39 is 5.97 Å². The highest BCUT2D eigenvalue weighted by atomic mass is 32.1. The van der Waals surface area contributed by atoms with E-state index >= 15 is 0 Å². The Hall–Kier alpha value is -1.43. The molecule has 2 rings (SSSR count). The quantitative estimate of drug-likeness (QED) is 0.869. The summed E-state index contributed by atoms with van der Waals surface area (Å²) in [7, 11) is 0. The predicted molar refractivity (Wildman–Crippen MR) is 63.3 cm³/mol. The summed E-state index contributed by atoms with van der Waals surface area (Å²) in [6, 6.07) is 0. The summed E-state index contributed by atoms with van der Waals surface area (Å²) >= 11 is 1.21. The topological polar surface area (TPSA) is 70.5 Å². The Morgan fingerprint density at radius 1 is 1.59 bits per heavy atom. The summed E-state index contributed by atoms with van der Waals surface area (Å²) in [6.45, 7) is 3.01. The maximum absolute atomic E-state index is 11.3. The lowest BCUT2D eigenvalue weighted by atomic mass is 9.99. The van der Waals surface area contributed by atoms with E-state index in [9.17, 15) is 9.59 Å². The zero-order valence-electron chi connectivity index (χ0n) is 9.55. The average Bonchev–Trinajstić information content (AvgIpc) is 2.78. The van der Waals surface area contributed by atoms with Gasteiger partial charge in [-0.3, -0.25) is 4.79 Å². The Balaban J connectivity index is 2.10. The first-order valence-corrected chi connectivity index (χ1v) is 6.34. The molecular formula is C11H14N2O3S. The van der Waals surface area contributed by atoms with Crippen molar-refractivity contribution in [2.75, 3.05) is 13.1 Å². The Bertz CT molecular complexity index is 444. The molecule has 92 valence electrons. The lowest BCUT2D eigenvalue weighted by molar-refractivity contribution is -0.130. The van der Waals surface area contributed by atoms with Gasteiger partial charge in [0.25, 0.3) is 0 Å². The second kappa shape index (κ2) is 4.83. The molecule has 1 saturated heterocycles. The lowest BCUT2D eigenvalue weighted by Crippen LogP contribution is -2.37. The van der Waals surface area contributed by atoms with Crippen molar-refractivity contribution in [3.8, 4) is 0 Å². The number of nitrogens with zero attached hydrogens (tertiary/aromatic N) is 2. The van der Waals surface area contributed by atoms with Crippen molar-refractivity contribution >= 4 is 23.2 Å². The van der Waals surface area contributed by atoms with Gasteiger partial charge in [-0.2, -0.15) is 0 Å². The van der Waals surface area contributed by atoms with Crippen LogP contribution in [-0.2, 0) is 4.79 Å². The minimum Gasteiger partial charge on any atom is -0.477 e. The minimum absolute atomic E-state index is 0.0738. The van der Waals surface area contributed by atoms with Crippen molar-refractivity contribution < 1.29 is 14.7 Å². The van der Waals surface area contributed by atoms with Crippen LogP contribution in [0.1, 0.15) is 40.4 Å². The number of aromatic carboxylic acids is 1. The molecule has 0 spiro atoms. The molecule has 1 unspecified atom stereocenters. The van der Waals surface area contributed by atoms with Gasteiger partial charge in [0.1, 0.15) is 4.88 Å². The van der Waals surface area contributed by atoms with Crippen LogP contribution in [0.15, 0.2) is 6.20 Å². The summed E-state index contributed by atoms with van der Waals surface area (Å²) in [4.78, 5) is 28.3. The number of amides is 1. The van der Waals surface area contributed by atoms with E-state index in [1.54, 1.807) is 11.8 Å². The molecule has 5 nitrogen and oxygen atoms in total. The molecular weight excluding hydrogens is 240 g/mol. The first kappa shape index (κ1) is 12.0. The van der Waals surface area contributed by atoms with Gasteiger partial charge in [0.15, 0.2) is 0 Å². The van der Waals surface area contributed by atoms with Crippen LogP contribution >= 0.6 is 11.3 Å². The molecule has 0 saturated carbocycles. The molecule has 2 heterocycles. The van der Waals surface area contributed by atoms with Crippen molar-refractivity contribution in [1.29, 1.82) is 0 Å². The number of rotatable bonds is 2. The molecule has 6 heteroatoms. The molecule has 1 aliphatic rings. The van der Waals surface area contributed by atoms with Crippen molar-refractivity contribution in [1.82, 2.24) is 9.88 Å². The van der Waals surface area contributed by atoms with Gasteiger partial charge in [0.2, 0.25) is 5.91 Å². The number of carboxylic acids is 1. The van der Waals surface area contributed by atoms with Gasteiger partial charge < -0.3 is 10.0 Å². The molecule has 1 atom stereocenters. The van der Waals surface area contributed by atoms with Crippen LogP contribution in [0.2, 0.25) is 0 Å². The van der Waals surface area contributed by atoms with E-state index in [0.717, 1.165) is 24.4 Å². The maximum Gasteiger partial charge on any atom is 0.347 e. The van der Waals surface area contributed by atoms with Gasteiger partial charge in [0, 0.05) is 25.9 Å². The van der Waals surface area contributed by atoms with E-state index in [1.807, 2.05) is 0 Å². The highest BCUT2D eigenvalue weighted by molar-refractivity contribution is 7.13. The molecule has 17 heavy (non-hydrogen) atoms. The van der Waals surface area contributed by atoms with Crippen LogP contribution in [0.5, 0.6) is 0 Å². The largest absolute Gasteiger partial charge is 0.477 e. The number of likely N-dealkylation sites (tertiary alicyclic amines) is 1. The normalized spacial score (nSPS) is 20.3. The van der Waals surface area contributed by atoms with Crippen LogP contribution in [-0.4, -0.2) is 40.0 Å². The van der Waals surface area contributed by atoms with E-state index in [2.05, 4.69) is 4.98 Å². The van der Waals surface area contributed by atoms with E-state index in [1.165, 1.54) is 17.5 Å². The van der Waals surface area contributed by atoms with Gasteiger partial charge in [-0.1, -0.05) is 0 Å². The zero-order chi connectivity index (χ0) is 12.4.